The maximum atomic E-state index is 9.01. The summed E-state index contributed by atoms with van der Waals surface area (Å²) < 4.78 is 10.0. The predicted octanol–water partition coefficient (Wildman–Crippen LogP) is 16.6. The topological polar surface area (TPSA) is 69.2 Å². The summed E-state index contributed by atoms with van der Waals surface area (Å²) in [5.74, 6) is 0. The third kappa shape index (κ3) is 12.4. The normalized spacial score (nSPS) is 16.6. The van der Waals surface area contributed by atoms with Crippen molar-refractivity contribution in [3.8, 4) is 0 Å². The van der Waals surface area contributed by atoms with Crippen molar-refractivity contribution in [2.75, 3.05) is 13.2 Å². The first-order chi connectivity index (χ1) is 20.3. The molecule has 48 heavy (non-hydrogen) atoms. The predicted molar refractivity (Wildman–Crippen MR) is 226 cm³/mol. The minimum absolute atomic E-state index is 0.128. The van der Waals surface area contributed by atoms with Gasteiger partial charge in [0.15, 0.2) is 0 Å². The molecule has 0 aromatic heterocycles. The molecule has 1 fully saturated rings. The van der Waals surface area contributed by atoms with Crippen LogP contribution in [0.1, 0.15) is 200 Å². The van der Waals surface area contributed by atoms with Crippen LogP contribution in [0, 0.1) is 0 Å². The molecule has 4 nitrogen and oxygen atoms in total. The van der Waals surface area contributed by atoms with Crippen LogP contribution < -0.4 is 0 Å². The molecule has 8 heteroatoms. The van der Waals surface area contributed by atoms with Gasteiger partial charge in [-0.05, 0) is 29.3 Å². The van der Waals surface area contributed by atoms with Crippen molar-refractivity contribution in [1.29, 1.82) is 0 Å². The summed E-state index contributed by atoms with van der Waals surface area (Å²) in [6, 6.07) is 0. The average Bonchev–Trinajstić information content (AvgIpc) is 3.32. The van der Waals surface area contributed by atoms with E-state index in [4.69, 9.17) is 18.1 Å². The van der Waals surface area contributed by atoms with E-state index in [9.17, 15) is 0 Å². The van der Waals surface area contributed by atoms with Gasteiger partial charge in [0.1, 0.15) is 0 Å². The summed E-state index contributed by atoms with van der Waals surface area (Å²) in [6.07, 6.45) is 2.56. The van der Waals surface area contributed by atoms with Crippen LogP contribution in [0.3, 0.4) is 0 Å². The first kappa shape index (κ1) is 53.6. The second-order valence-corrected chi connectivity index (χ2v) is 43.7. The fourth-order valence-electron chi connectivity index (χ4n) is 11.1. The number of nitrogens with one attached hydrogen (secondary N) is 2. The Balaban J connectivity index is -0.000000587. The molecule has 0 amide bonds. The molecule has 0 spiro atoms. The number of ether oxygens (including phenoxy) is 1. The molecule has 288 valence electrons. The summed E-state index contributed by atoms with van der Waals surface area (Å²) in [4.78, 5) is 0. The third-order valence-electron chi connectivity index (χ3n) is 11.0. The van der Waals surface area contributed by atoms with Gasteiger partial charge in [0.25, 0.3) is 0 Å². The summed E-state index contributed by atoms with van der Waals surface area (Å²) >= 11 is 1.35. The fourth-order valence-corrected chi connectivity index (χ4v) is 39.8. The molecule has 0 radical (unpaired) electrons. The van der Waals surface area contributed by atoms with E-state index in [1.54, 1.807) is 0 Å². The van der Waals surface area contributed by atoms with Crippen molar-refractivity contribution in [2.24, 2.45) is 2.54 Å². The number of nitrogens with zero attached hydrogens (tertiary/aromatic N) is 1. The van der Waals surface area contributed by atoms with Crippen LogP contribution in [0.5, 0.6) is 0 Å². The molecule has 1 rings (SSSR count). The van der Waals surface area contributed by atoms with Crippen LogP contribution in [-0.2, 0) is 29.3 Å². The Morgan fingerprint density at radius 3 is 0.562 bits per heavy atom. The Labute approximate surface area is 323 Å². The Morgan fingerprint density at radius 2 is 0.542 bits per heavy atom. The number of rotatable bonds is 1. The van der Waals surface area contributed by atoms with Crippen molar-refractivity contribution in [1.82, 2.24) is 0 Å². The quantitative estimate of drug-likeness (QED) is 0.243. The standard InChI is InChI=1S/2C12H28NSi.C12H27NSi.C4H8O.Zr/c3*1-10(2,3)14(13,11(4,5)6)12(7,8)9;1-2-4-5-3-1;/h2*13H,1-9H3;1-9H3;1-4H2;/q2*-1;;;+2. The molecule has 0 unspecified atom stereocenters. The summed E-state index contributed by atoms with van der Waals surface area (Å²) in [5.41, 5.74) is 0. The second kappa shape index (κ2) is 17.1. The van der Waals surface area contributed by atoms with Gasteiger partial charge < -0.3 is 15.5 Å². The van der Waals surface area contributed by atoms with Gasteiger partial charge in [-0.15, -0.1) is 0 Å². The molecule has 1 saturated heterocycles. The average molecular weight is 806 g/mol. The molecule has 1 aliphatic heterocycles. The zero-order valence-corrected chi connectivity index (χ0v) is 43.6. The summed E-state index contributed by atoms with van der Waals surface area (Å²) in [5, 5.41) is 19.8. The van der Waals surface area contributed by atoms with E-state index in [0.717, 1.165) is 13.2 Å². The molecule has 1 aliphatic rings. The van der Waals surface area contributed by atoms with Crippen LogP contribution >= 0.6 is 0 Å². The van der Waals surface area contributed by atoms with Gasteiger partial charge in [0.05, 0.1) is 0 Å². The number of hydrogen-bond acceptors (Lipinski definition) is 2. The maximum absolute atomic E-state index is 9.01. The Morgan fingerprint density at radius 1 is 0.375 bits per heavy atom. The minimum atomic E-state index is -2.10. The molecular formula is C40H91N3OSi3Zr. The van der Waals surface area contributed by atoms with E-state index in [-0.39, 0.29) is 30.2 Å². The van der Waals surface area contributed by atoms with Gasteiger partial charge in [0.2, 0.25) is 0 Å². The van der Waals surface area contributed by atoms with Crippen molar-refractivity contribution >= 4 is 24.7 Å². The number of hydrogen-bond donors (Lipinski definition) is 0. The zero-order chi connectivity index (χ0) is 40.2. The van der Waals surface area contributed by atoms with Crippen molar-refractivity contribution in [2.45, 2.75) is 245 Å². The van der Waals surface area contributed by atoms with Crippen LogP contribution in [-0.4, -0.2) is 37.9 Å². The van der Waals surface area contributed by atoms with Crippen LogP contribution in [0.15, 0.2) is 2.54 Å². The van der Waals surface area contributed by atoms with E-state index in [1.807, 2.05) is 0 Å². The van der Waals surface area contributed by atoms with E-state index in [0.29, 0.717) is 15.1 Å². The molecule has 0 bridgehead atoms. The molecule has 0 saturated carbocycles. The van der Waals surface area contributed by atoms with Gasteiger partial charge in [-0.1, -0.05) is 155 Å². The van der Waals surface area contributed by atoms with Crippen LogP contribution in [0.2, 0.25) is 45.3 Å². The first-order valence-electron chi connectivity index (χ1n) is 18.8. The van der Waals surface area contributed by atoms with Crippen molar-refractivity contribution in [3.05, 3.63) is 10.8 Å². The van der Waals surface area contributed by atoms with Gasteiger partial charge in [-0.2, -0.15) is 0 Å². The van der Waals surface area contributed by atoms with Crippen molar-refractivity contribution in [3.63, 3.8) is 0 Å². The Kier molecular flexibility index (Phi) is 19.1. The zero-order valence-electron chi connectivity index (χ0n) is 38.2. The molecule has 0 aromatic carbocycles. The van der Waals surface area contributed by atoms with Gasteiger partial charge in [0, 0.05) is 13.2 Å². The monoisotopic (exact) mass is 804 g/mol. The molecule has 0 aromatic rings. The fraction of sp³-hybridized carbons (Fsp3) is 1.00. The molecular weight excluding hydrogens is 714 g/mol. The molecule has 0 atom stereocenters. The third-order valence-corrected chi connectivity index (χ3v) is 33.8. The van der Waals surface area contributed by atoms with Gasteiger partial charge >= 0.3 is 113 Å². The van der Waals surface area contributed by atoms with E-state index < -0.39 is 24.7 Å². The molecule has 2 N–H and O–H groups in total. The van der Waals surface area contributed by atoms with E-state index in [2.05, 4.69) is 187 Å². The molecule has 1 heterocycles. The Bertz CT molecular complexity index is 796. The molecule has 0 aliphatic carbocycles. The van der Waals surface area contributed by atoms with E-state index in [1.165, 1.54) is 37.4 Å². The van der Waals surface area contributed by atoms with E-state index >= 15 is 0 Å². The summed E-state index contributed by atoms with van der Waals surface area (Å²) in [7, 11) is -5.92. The second-order valence-electron chi connectivity index (χ2n) is 23.9. The first-order valence-corrected chi connectivity index (χ1v) is 25.8. The van der Waals surface area contributed by atoms with Gasteiger partial charge in [-0.25, -0.2) is 0 Å². The van der Waals surface area contributed by atoms with Gasteiger partial charge in [-0.3, -0.25) is 0 Å². The summed E-state index contributed by atoms with van der Waals surface area (Å²) in [6.45, 7) is 63.7. The SMILES string of the molecule is C1CCOC1.CC(C)(C)[Si]([NH-])(C(C)(C)C)C(C)(C)C.CC(C)(C)[Si]([NH-])(C(C)(C)C)C(C)(C)C.CC(C)(C)[Si]([N]=[Zr+2])(C(C)(C)C)C(C)(C)C. The van der Waals surface area contributed by atoms with Crippen molar-refractivity contribution < 1.29 is 29.3 Å². The Hall–Kier alpha value is 1.21. The van der Waals surface area contributed by atoms with Crippen LogP contribution in [0.4, 0.5) is 0 Å². The van der Waals surface area contributed by atoms with Crippen LogP contribution in [0.25, 0.3) is 10.8 Å².